The van der Waals surface area contributed by atoms with Crippen molar-refractivity contribution < 1.29 is 19.4 Å². The maximum atomic E-state index is 12.1. The predicted octanol–water partition coefficient (Wildman–Crippen LogP) is 2.75. The Morgan fingerprint density at radius 3 is 2.50 bits per heavy atom. The molecule has 0 spiro atoms. The largest absolute Gasteiger partial charge is 0.479 e. The van der Waals surface area contributed by atoms with E-state index in [1.807, 2.05) is 6.92 Å². The van der Waals surface area contributed by atoms with Crippen LogP contribution in [0.15, 0.2) is 36.0 Å². The zero-order chi connectivity index (χ0) is 15.5. The fourth-order valence-electron chi connectivity index (χ4n) is 2.00. The summed E-state index contributed by atoms with van der Waals surface area (Å²) in [5, 5.41) is 9.38. The van der Waals surface area contributed by atoms with Gasteiger partial charge in [0.15, 0.2) is 6.04 Å². The number of carbonyl (C=O) groups excluding carboxylic acids is 1. The van der Waals surface area contributed by atoms with Crippen molar-refractivity contribution >= 4 is 12.1 Å². The lowest BCUT2D eigenvalue weighted by Gasteiger charge is -2.27. The van der Waals surface area contributed by atoms with Gasteiger partial charge in [-0.3, -0.25) is 4.90 Å². The zero-order valence-electron chi connectivity index (χ0n) is 12.3. The van der Waals surface area contributed by atoms with E-state index in [2.05, 4.69) is 6.58 Å². The molecule has 110 valence electrons. The van der Waals surface area contributed by atoms with Gasteiger partial charge in [-0.2, -0.15) is 0 Å². The molecule has 0 fully saturated rings. The van der Waals surface area contributed by atoms with E-state index in [0.717, 1.165) is 5.57 Å². The Hall–Kier alpha value is -2.04. The van der Waals surface area contributed by atoms with Crippen molar-refractivity contribution in [3.8, 4) is 0 Å². The lowest BCUT2D eigenvalue weighted by atomic mass is 10.1. The number of carboxylic acids is 1. The van der Waals surface area contributed by atoms with Gasteiger partial charge in [-0.1, -0.05) is 24.8 Å². The van der Waals surface area contributed by atoms with Gasteiger partial charge in [0.2, 0.25) is 0 Å². The van der Waals surface area contributed by atoms with Crippen LogP contribution >= 0.6 is 0 Å². The van der Waals surface area contributed by atoms with Gasteiger partial charge >= 0.3 is 12.1 Å². The Labute approximate surface area is 119 Å². The van der Waals surface area contributed by atoms with E-state index in [-0.39, 0.29) is 6.54 Å². The van der Waals surface area contributed by atoms with Crippen LogP contribution in [0.3, 0.4) is 0 Å². The van der Waals surface area contributed by atoms with Crippen LogP contribution < -0.4 is 0 Å². The maximum Gasteiger partial charge on any atom is 0.411 e. The molecule has 0 saturated carbocycles. The second-order valence-electron chi connectivity index (χ2n) is 5.68. The van der Waals surface area contributed by atoms with Crippen LogP contribution in [0.5, 0.6) is 0 Å². The third-order valence-corrected chi connectivity index (χ3v) is 2.78. The molecule has 1 atom stereocenters. The highest BCUT2D eigenvalue weighted by atomic mass is 16.6. The molecule has 1 aliphatic rings. The van der Waals surface area contributed by atoms with E-state index in [4.69, 9.17) is 4.74 Å². The minimum atomic E-state index is -1.07. The lowest BCUT2D eigenvalue weighted by molar-refractivity contribution is -0.141. The number of allylic oxidation sites excluding steroid dienone is 2. The number of carbonyl (C=O) groups is 2. The molecule has 0 aromatic heterocycles. The standard InChI is InChI=1S/C15H21NO4/c1-6-7-8-11-10(2)9-16(12(11)13(17)18)14(19)20-15(3,4)5/h6-8,12H,1,9H2,2-5H3,(H,17,18)/b8-7-. The second-order valence-corrected chi connectivity index (χ2v) is 5.68. The van der Waals surface area contributed by atoms with Crippen molar-refractivity contribution in [2.45, 2.75) is 39.3 Å². The molecule has 20 heavy (non-hydrogen) atoms. The summed E-state index contributed by atoms with van der Waals surface area (Å²) in [7, 11) is 0. The van der Waals surface area contributed by atoms with Crippen LogP contribution in [-0.2, 0) is 9.53 Å². The Morgan fingerprint density at radius 1 is 1.45 bits per heavy atom. The van der Waals surface area contributed by atoms with E-state index < -0.39 is 23.7 Å². The molecule has 0 saturated heterocycles. The SMILES string of the molecule is C=C/C=C\C1=C(C)CN(C(=O)OC(C)(C)C)C1C(=O)O. The monoisotopic (exact) mass is 279 g/mol. The highest BCUT2D eigenvalue weighted by molar-refractivity contribution is 5.86. The molecule has 1 rings (SSSR count). The molecule has 0 aromatic rings. The fourth-order valence-corrected chi connectivity index (χ4v) is 2.00. The first-order valence-electron chi connectivity index (χ1n) is 6.38. The molecule has 1 heterocycles. The first-order chi connectivity index (χ1) is 9.17. The number of nitrogens with zero attached hydrogens (tertiary/aromatic N) is 1. The summed E-state index contributed by atoms with van der Waals surface area (Å²) in [5.74, 6) is -1.07. The Balaban J connectivity index is 3.02. The molecular formula is C15H21NO4. The summed E-state index contributed by atoms with van der Waals surface area (Å²) >= 11 is 0. The average Bonchev–Trinajstić information content (AvgIpc) is 2.61. The van der Waals surface area contributed by atoms with Gasteiger partial charge in [-0.15, -0.1) is 0 Å². The molecular weight excluding hydrogens is 258 g/mol. The van der Waals surface area contributed by atoms with Crippen molar-refractivity contribution in [1.82, 2.24) is 4.90 Å². The van der Waals surface area contributed by atoms with Gasteiger partial charge < -0.3 is 9.84 Å². The molecule has 1 amide bonds. The van der Waals surface area contributed by atoms with Gasteiger partial charge in [-0.25, -0.2) is 9.59 Å². The van der Waals surface area contributed by atoms with Gasteiger partial charge in [0.05, 0.1) is 0 Å². The number of rotatable bonds is 3. The Kier molecular flexibility index (Phi) is 4.76. The molecule has 0 aliphatic carbocycles. The number of hydrogen-bond donors (Lipinski definition) is 1. The zero-order valence-corrected chi connectivity index (χ0v) is 12.3. The van der Waals surface area contributed by atoms with Crippen LogP contribution in [0.25, 0.3) is 0 Å². The average molecular weight is 279 g/mol. The van der Waals surface area contributed by atoms with Crippen LogP contribution in [0, 0.1) is 0 Å². The first kappa shape index (κ1) is 16.0. The lowest BCUT2D eigenvalue weighted by Crippen LogP contribution is -2.44. The summed E-state index contributed by atoms with van der Waals surface area (Å²) in [6.45, 7) is 10.9. The van der Waals surface area contributed by atoms with E-state index in [0.29, 0.717) is 5.57 Å². The molecule has 0 radical (unpaired) electrons. The van der Waals surface area contributed by atoms with E-state index in [1.54, 1.807) is 39.0 Å². The van der Waals surface area contributed by atoms with Crippen molar-refractivity contribution in [1.29, 1.82) is 0 Å². The van der Waals surface area contributed by atoms with Crippen LogP contribution in [0.4, 0.5) is 4.79 Å². The summed E-state index contributed by atoms with van der Waals surface area (Å²) < 4.78 is 5.26. The van der Waals surface area contributed by atoms with Crippen molar-refractivity contribution in [2.75, 3.05) is 6.54 Å². The van der Waals surface area contributed by atoms with Crippen molar-refractivity contribution in [3.63, 3.8) is 0 Å². The molecule has 0 bridgehead atoms. The number of ether oxygens (including phenoxy) is 1. The van der Waals surface area contributed by atoms with Gasteiger partial charge in [-0.05, 0) is 38.8 Å². The van der Waals surface area contributed by atoms with Gasteiger partial charge in [0, 0.05) is 6.54 Å². The van der Waals surface area contributed by atoms with Crippen LogP contribution in [0.1, 0.15) is 27.7 Å². The molecule has 5 nitrogen and oxygen atoms in total. The molecule has 1 unspecified atom stereocenters. The Morgan fingerprint density at radius 2 is 2.05 bits per heavy atom. The highest BCUT2D eigenvalue weighted by Gasteiger charge is 2.40. The predicted molar refractivity (Wildman–Crippen MR) is 76.4 cm³/mol. The number of aliphatic carboxylic acids is 1. The number of amides is 1. The van der Waals surface area contributed by atoms with Crippen molar-refractivity contribution in [2.24, 2.45) is 0 Å². The summed E-state index contributed by atoms with van der Waals surface area (Å²) in [6.07, 6.45) is 4.28. The fraction of sp³-hybridized carbons (Fsp3) is 0.467. The first-order valence-corrected chi connectivity index (χ1v) is 6.38. The van der Waals surface area contributed by atoms with E-state index >= 15 is 0 Å². The summed E-state index contributed by atoms with van der Waals surface area (Å²) in [5.41, 5.74) is 0.776. The highest BCUT2D eigenvalue weighted by Crippen LogP contribution is 2.27. The normalized spacial score (nSPS) is 19.6. The molecule has 0 aromatic carbocycles. The summed E-state index contributed by atoms with van der Waals surface area (Å²) in [6, 6.07) is -1.01. The molecule has 1 aliphatic heterocycles. The van der Waals surface area contributed by atoms with Crippen LogP contribution in [0.2, 0.25) is 0 Å². The van der Waals surface area contributed by atoms with Gasteiger partial charge in [0.25, 0.3) is 0 Å². The van der Waals surface area contributed by atoms with Gasteiger partial charge in [0.1, 0.15) is 5.60 Å². The number of carboxylic acid groups (broad SMARTS) is 1. The number of hydrogen-bond acceptors (Lipinski definition) is 3. The second kappa shape index (κ2) is 5.94. The quantitative estimate of drug-likeness (QED) is 0.807. The molecule has 1 N–H and O–H groups in total. The smallest absolute Gasteiger partial charge is 0.411 e. The Bertz CT molecular complexity index is 483. The maximum absolute atomic E-state index is 12.1. The van der Waals surface area contributed by atoms with Crippen LogP contribution in [-0.4, -0.2) is 40.3 Å². The van der Waals surface area contributed by atoms with E-state index in [9.17, 15) is 14.7 Å². The molecule has 5 heteroatoms. The minimum absolute atomic E-state index is 0.253. The third kappa shape index (κ3) is 3.73. The third-order valence-electron chi connectivity index (χ3n) is 2.78. The van der Waals surface area contributed by atoms with Crippen molar-refractivity contribution in [3.05, 3.63) is 36.0 Å². The minimum Gasteiger partial charge on any atom is -0.479 e. The topological polar surface area (TPSA) is 66.8 Å². The summed E-state index contributed by atoms with van der Waals surface area (Å²) in [4.78, 5) is 24.8. The van der Waals surface area contributed by atoms with E-state index in [1.165, 1.54) is 4.90 Å².